The lowest BCUT2D eigenvalue weighted by molar-refractivity contribution is 0.103. The second-order valence-corrected chi connectivity index (χ2v) is 3.96. The Morgan fingerprint density at radius 2 is 1.56 bits per heavy atom. The SMILES string of the molecule is O=C(c1ccc(F)c(Cl)c1)c1c(F)cccc1F. The highest BCUT2D eigenvalue weighted by molar-refractivity contribution is 6.31. The Hall–Kier alpha value is -1.81. The highest BCUT2D eigenvalue weighted by Gasteiger charge is 2.19. The molecule has 0 atom stereocenters. The molecule has 2 aromatic carbocycles. The third-order valence-electron chi connectivity index (χ3n) is 2.37. The molecule has 0 spiro atoms. The molecule has 18 heavy (non-hydrogen) atoms. The molecule has 0 saturated heterocycles. The summed E-state index contributed by atoms with van der Waals surface area (Å²) in [6.07, 6.45) is 0. The van der Waals surface area contributed by atoms with E-state index < -0.39 is 28.8 Å². The van der Waals surface area contributed by atoms with Crippen molar-refractivity contribution in [3.8, 4) is 0 Å². The standard InChI is InChI=1S/C13H6ClF3O/c14-8-6-7(4-5-9(8)15)13(18)12-10(16)2-1-3-11(12)17/h1-6H. The van der Waals surface area contributed by atoms with Gasteiger partial charge >= 0.3 is 0 Å². The first-order chi connectivity index (χ1) is 8.50. The molecule has 0 saturated carbocycles. The van der Waals surface area contributed by atoms with E-state index in [0.29, 0.717) is 0 Å². The lowest BCUT2D eigenvalue weighted by Gasteiger charge is -2.04. The van der Waals surface area contributed by atoms with Crippen LogP contribution in [0.25, 0.3) is 0 Å². The van der Waals surface area contributed by atoms with Crippen LogP contribution < -0.4 is 0 Å². The van der Waals surface area contributed by atoms with Crippen molar-refractivity contribution < 1.29 is 18.0 Å². The fourth-order valence-corrected chi connectivity index (χ4v) is 1.68. The molecule has 1 nitrogen and oxygen atoms in total. The minimum atomic E-state index is -0.972. The Morgan fingerprint density at radius 1 is 0.944 bits per heavy atom. The minimum absolute atomic E-state index is 0.0783. The van der Waals surface area contributed by atoms with Crippen LogP contribution in [-0.2, 0) is 0 Å². The monoisotopic (exact) mass is 270 g/mol. The third kappa shape index (κ3) is 2.24. The van der Waals surface area contributed by atoms with Crippen molar-refractivity contribution >= 4 is 17.4 Å². The van der Waals surface area contributed by atoms with Crippen LogP contribution in [0.2, 0.25) is 5.02 Å². The van der Waals surface area contributed by atoms with Crippen molar-refractivity contribution in [1.29, 1.82) is 0 Å². The summed E-state index contributed by atoms with van der Waals surface area (Å²) in [7, 11) is 0. The van der Waals surface area contributed by atoms with E-state index in [1.807, 2.05) is 0 Å². The van der Waals surface area contributed by atoms with Gasteiger partial charge in [-0.05, 0) is 30.3 Å². The number of benzene rings is 2. The van der Waals surface area contributed by atoms with Crippen molar-refractivity contribution in [2.24, 2.45) is 0 Å². The quantitative estimate of drug-likeness (QED) is 0.754. The molecule has 0 N–H and O–H groups in total. The van der Waals surface area contributed by atoms with Crippen LogP contribution in [0.5, 0.6) is 0 Å². The third-order valence-corrected chi connectivity index (χ3v) is 2.66. The van der Waals surface area contributed by atoms with Gasteiger partial charge in [0.25, 0.3) is 0 Å². The number of carbonyl (C=O) groups excluding carboxylic acids is 1. The van der Waals surface area contributed by atoms with Crippen LogP contribution >= 0.6 is 11.6 Å². The summed E-state index contributed by atoms with van der Waals surface area (Å²) in [5.74, 6) is -3.53. The molecule has 2 rings (SSSR count). The average molecular weight is 271 g/mol. The second-order valence-electron chi connectivity index (χ2n) is 3.55. The number of carbonyl (C=O) groups is 1. The van der Waals surface area contributed by atoms with E-state index in [2.05, 4.69) is 0 Å². The number of ketones is 1. The summed E-state index contributed by atoms with van der Waals surface area (Å²) in [5.41, 5.74) is -0.759. The topological polar surface area (TPSA) is 17.1 Å². The zero-order chi connectivity index (χ0) is 13.3. The molecular weight excluding hydrogens is 265 g/mol. The van der Waals surface area contributed by atoms with Crippen LogP contribution in [0.15, 0.2) is 36.4 Å². The number of hydrogen-bond acceptors (Lipinski definition) is 1. The van der Waals surface area contributed by atoms with Gasteiger partial charge in [-0.2, -0.15) is 0 Å². The zero-order valence-electron chi connectivity index (χ0n) is 8.88. The van der Waals surface area contributed by atoms with Gasteiger partial charge < -0.3 is 0 Å². The lowest BCUT2D eigenvalue weighted by atomic mass is 10.0. The molecule has 0 unspecified atom stereocenters. The predicted molar refractivity (Wildman–Crippen MR) is 61.2 cm³/mol. The summed E-state index contributed by atoms with van der Waals surface area (Å²) in [5, 5.41) is -0.280. The molecule has 0 aliphatic heterocycles. The van der Waals surface area contributed by atoms with Gasteiger partial charge in [0.05, 0.1) is 10.6 Å². The number of rotatable bonds is 2. The van der Waals surface area contributed by atoms with E-state index in [0.717, 1.165) is 36.4 Å². The van der Waals surface area contributed by atoms with Crippen LogP contribution in [0.4, 0.5) is 13.2 Å². The van der Waals surface area contributed by atoms with Crippen LogP contribution in [0.3, 0.4) is 0 Å². The summed E-state index contributed by atoms with van der Waals surface area (Å²) in [6, 6.07) is 6.22. The highest BCUT2D eigenvalue weighted by atomic mass is 35.5. The number of hydrogen-bond donors (Lipinski definition) is 0. The van der Waals surface area contributed by atoms with Crippen molar-refractivity contribution in [3.63, 3.8) is 0 Å². The molecule has 0 amide bonds. The predicted octanol–water partition coefficient (Wildman–Crippen LogP) is 3.99. The maximum absolute atomic E-state index is 13.4. The van der Waals surface area contributed by atoms with E-state index >= 15 is 0 Å². The average Bonchev–Trinajstić information content (AvgIpc) is 2.32. The van der Waals surface area contributed by atoms with Crippen molar-refractivity contribution in [2.75, 3.05) is 0 Å². The van der Waals surface area contributed by atoms with Gasteiger partial charge in [0.2, 0.25) is 0 Å². The van der Waals surface area contributed by atoms with Gasteiger partial charge in [0.15, 0.2) is 5.78 Å². The fraction of sp³-hybridized carbons (Fsp3) is 0. The molecule has 0 bridgehead atoms. The van der Waals surface area contributed by atoms with Gasteiger partial charge in [-0.1, -0.05) is 17.7 Å². The number of halogens is 4. The maximum Gasteiger partial charge on any atom is 0.198 e. The van der Waals surface area contributed by atoms with Crippen LogP contribution in [0, 0.1) is 17.5 Å². The smallest absolute Gasteiger partial charge is 0.198 e. The Balaban J connectivity index is 2.51. The van der Waals surface area contributed by atoms with Gasteiger partial charge in [-0.3, -0.25) is 4.79 Å². The van der Waals surface area contributed by atoms with Crippen LogP contribution in [0.1, 0.15) is 15.9 Å². The van der Waals surface area contributed by atoms with Gasteiger partial charge in [-0.15, -0.1) is 0 Å². The normalized spacial score (nSPS) is 10.4. The first-order valence-electron chi connectivity index (χ1n) is 4.94. The molecule has 0 fully saturated rings. The molecule has 5 heteroatoms. The Bertz CT molecular complexity index is 605. The Labute approximate surface area is 106 Å². The molecule has 0 aliphatic rings. The molecule has 92 valence electrons. The lowest BCUT2D eigenvalue weighted by Crippen LogP contribution is -2.07. The maximum atomic E-state index is 13.4. The van der Waals surface area contributed by atoms with Gasteiger partial charge in [-0.25, -0.2) is 13.2 Å². The molecule has 0 radical (unpaired) electrons. The van der Waals surface area contributed by atoms with Crippen molar-refractivity contribution in [3.05, 3.63) is 70.0 Å². The first kappa shape index (κ1) is 12.6. The van der Waals surface area contributed by atoms with E-state index in [4.69, 9.17) is 11.6 Å². The fourth-order valence-electron chi connectivity index (χ4n) is 1.50. The minimum Gasteiger partial charge on any atom is -0.288 e. The zero-order valence-corrected chi connectivity index (χ0v) is 9.64. The van der Waals surface area contributed by atoms with Crippen LogP contribution in [-0.4, -0.2) is 5.78 Å². The largest absolute Gasteiger partial charge is 0.288 e. The summed E-state index contributed by atoms with van der Waals surface area (Å²) < 4.78 is 39.7. The summed E-state index contributed by atoms with van der Waals surface area (Å²) in [6.45, 7) is 0. The second kappa shape index (κ2) is 4.82. The van der Waals surface area contributed by atoms with Gasteiger partial charge in [0, 0.05) is 5.56 Å². The van der Waals surface area contributed by atoms with Crippen molar-refractivity contribution in [2.45, 2.75) is 0 Å². The van der Waals surface area contributed by atoms with E-state index in [1.54, 1.807) is 0 Å². The van der Waals surface area contributed by atoms with E-state index in [-0.39, 0.29) is 10.6 Å². The first-order valence-corrected chi connectivity index (χ1v) is 5.32. The molecule has 0 aromatic heterocycles. The Kier molecular flexibility index (Phi) is 3.39. The molecule has 2 aromatic rings. The summed E-state index contributed by atoms with van der Waals surface area (Å²) in [4.78, 5) is 11.9. The summed E-state index contributed by atoms with van der Waals surface area (Å²) >= 11 is 5.51. The van der Waals surface area contributed by atoms with Crippen molar-refractivity contribution in [1.82, 2.24) is 0 Å². The molecule has 0 aliphatic carbocycles. The molecular formula is C13H6ClF3O. The highest BCUT2D eigenvalue weighted by Crippen LogP contribution is 2.21. The van der Waals surface area contributed by atoms with E-state index in [9.17, 15) is 18.0 Å². The Morgan fingerprint density at radius 3 is 2.11 bits per heavy atom. The van der Waals surface area contributed by atoms with E-state index in [1.165, 1.54) is 0 Å². The van der Waals surface area contributed by atoms with Gasteiger partial charge in [0.1, 0.15) is 17.5 Å². The molecule has 0 heterocycles.